The molecule has 0 fully saturated rings. The summed E-state index contributed by atoms with van der Waals surface area (Å²) in [6, 6.07) is 9.75. The maximum atomic E-state index is 10.5. The topological polar surface area (TPSA) is 45.4 Å². The third kappa shape index (κ3) is 2.92. The maximum Gasteiger partial charge on any atom is 0.136 e. The molecule has 1 atom stereocenters. The van der Waals surface area contributed by atoms with E-state index in [0.717, 1.165) is 30.5 Å². The number of furan rings is 1. The SMILES string of the molecule is CCCNCCC(C)(O)c1cc2ccccc2o1. The Morgan fingerprint density at radius 1 is 1.28 bits per heavy atom. The van der Waals surface area contributed by atoms with Crippen LogP contribution in [-0.4, -0.2) is 18.2 Å². The summed E-state index contributed by atoms with van der Waals surface area (Å²) >= 11 is 0. The minimum atomic E-state index is -0.917. The zero-order valence-corrected chi connectivity index (χ0v) is 11.1. The molecule has 0 aliphatic carbocycles. The van der Waals surface area contributed by atoms with Gasteiger partial charge in [0.2, 0.25) is 0 Å². The van der Waals surface area contributed by atoms with Crippen LogP contribution in [0.25, 0.3) is 11.0 Å². The van der Waals surface area contributed by atoms with Gasteiger partial charge in [-0.05, 0) is 45.0 Å². The molecular weight excluding hydrogens is 226 g/mol. The Kier molecular flexibility index (Phi) is 4.04. The highest BCUT2D eigenvalue weighted by Crippen LogP contribution is 2.29. The van der Waals surface area contributed by atoms with Gasteiger partial charge in [-0.3, -0.25) is 0 Å². The van der Waals surface area contributed by atoms with Crippen LogP contribution in [0.3, 0.4) is 0 Å². The monoisotopic (exact) mass is 247 g/mol. The standard InChI is InChI=1S/C15H21NO2/c1-3-9-16-10-8-15(2,17)14-11-12-6-4-5-7-13(12)18-14/h4-7,11,16-17H,3,8-10H2,1-2H3. The van der Waals surface area contributed by atoms with Crippen molar-refractivity contribution in [3.63, 3.8) is 0 Å². The highest BCUT2D eigenvalue weighted by Gasteiger charge is 2.26. The summed E-state index contributed by atoms with van der Waals surface area (Å²) in [5.41, 5.74) is -0.0889. The van der Waals surface area contributed by atoms with Crippen LogP contribution in [0.1, 0.15) is 32.4 Å². The van der Waals surface area contributed by atoms with Gasteiger partial charge in [-0.1, -0.05) is 25.1 Å². The lowest BCUT2D eigenvalue weighted by Crippen LogP contribution is -2.27. The molecule has 2 N–H and O–H groups in total. The molecule has 18 heavy (non-hydrogen) atoms. The van der Waals surface area contributed by atoms with E-state index in [1.807, 2.05) is 30.3 Å². The molecule has 1 unspecified atom stereocenters. The molecule has 0 bridgehead atoms. The first-order valence-corrected chi connectivity index (χ1v) is 6.55. The van der Waals surface area contributed by atoms with Crippen LogP contribution < -0.4 is 5.32 Å². The Morgan fingerprint density at radius 2 is 2.06 bits per heavy atom. The third-order valence-electron chi connectivity index (χ3n) is 3.17. The lowest BCUT2D eigenvalue weighted by Gasteiger charge is -2.20. The molecule has 0 amide bonds. The fraction of sp³-hybridized carbons (Fsp3) is 0.467. The van der Waals surface area contributed by atoms with Gasteiger partial charge < -0.3 is 14.8 Å². The minimum absolute atomic E-state index is 0.641. The third-order valence-corrected chi connectivity index (χ3v) is 3.17. The predicted octanol–water partition coefficient (Wildman–Crippen LogP) is 3.03. The largest absolute Gasteiger partial charge is 0.458 e. The number of fused-ring (bicyclic) bond motifs is 1. The Balaban J connectivity index is 2.08. The number of aliphatic hydroxyl groups is 1. The summed E-state index contributed by atoms with van der Waals surface area (Å²) in [5, 5.41) is 14.8. The first kappa shape index (κ1) is 13.1. The second-order valence-electron chi connectivity index (χ2n) is 4.92. The van der Waals surface area contributed by atoms with E-state index in [2.05, 4.69) is 12.2 Å². The van der Waals surface area contributed by atoms with Gasteiger partial charge in [0.1, 0.15) is 16.9 Å². The average molecular weight is 247 g/mol. The number of para-hydroxylation sites is 1. The smallest absolute Gasteiger partial charge is 0.136 e. The van der Waals surface area contributed by atoms with Gasteiger partial charge in [-0.25, -0.2) is 0 Å². The van der Waals surface area contributed by atoms with Crippen LogP contribution in [0.5, 0.6) is 0 Å². The molecule has 0 aliphatic heterocycles. The van der Waals surface area contributed by atoms with E-state index in [9.17, 15) is 5.11 Å². The summed E-state index contributed by atoms with van der Waals surface area (Å²) < 4.78 is 5.71. The first-order chi connectivity index (χ1) is 8.63. The fourth-order valence-corrected chi connectivity index (χ4v) is 2.00. The summed E-state index contributed by atoms with van der Waals surface area (Å²) in [6.07, 6.45) is 1.75. The Bertz CT molecular complexity index is 469. The summed E-state index contributed by atoms with van der Waals surface area (Å²) in [7, 11) is 0. The average Bonchev–Trinajstić information content (AvgIpc) is 2.79. The van der Waals surface area contributed by atoms with Crippen molar-refractivity contribution < 1.29 is 9.52 Å². The molecule has 2 rings (SSSR count). The number of nitrogens with one attached hydrogen (secondary N) is 1. The zero-order chi connectivity index (χ0) is 13.0. The Hall–Kier alpha value is -1.32. The van der Waals surface area contributed by atoms with Crippen molar-refractivity contribution in [1.82, 2.24) is 5.32 Å². The van der Waals surface area contributed by atoms with Gasteiger partial charge in [-0.2, -0.15) is 0 Å². The molecule has 1 heterocycles. The van der Waals surface area contributed by atoms with E-state index in [1.54, 1.807) is 6.92 Å². The van der Waals surface area contributed by atoms with E-state index in [-0.39, 0.29) is 0 Å². The molecule has 1 aromatic carbocycles. The van der Waals surface area contributed by atoms with Gasteiger partial charge >= 0.3 is 0 Å². The molecule has 3 heteroatoms. The van der Waals surface area contributed by atoms with Crippen molar-refractivity contribution in [2.45, 2.75) is 32.3 Å². The number of hydrogen-bond donors (Lipinski definition) is 2. The van der Waals surface area contributed by atoms with Gasteiger partial charge in [0.15, 0.2) is 0 Å². The molecule has 0 saturated carbocycles. The molecule has 0 radical (unpaired) electrons. The van der Waals surface area contributed by atoms with Crippen LogP contribution in [0.15, 0.2) is 34.7 Å². The summed E-state index contributed by atoms with van der Waals surface area (Å²) in [5.74, 6) is 0.641. The van der Waals surface area contributed by atoms with E-state index in [1.165, 1.54) is 0 Å². The fourth-order valence-electron chi connectivity index (χ4n) is 2.00. The molecule has 98 valence electrons. The van der Waals surface area contributed by atoms with Crippen LogP contribution >= 0.6 is 0 Å². The molecular formula is C15H21NO2. The lowest BCUT2D eigenvalue weighted by atomic mass is 9.99. The summed E-state index contributed by atoms with van der Waals surface area (Å²) in [6.45, 7) is 5.71. The lowest BCUT2D eigenvalue weighted by molar-refractivity contribution is 0.0272. The molecule has 1 aromatic heterocycles. The number of rotatable bonds is 6. The van der Waals surface area contributed by atoms with E-state index < -0.39 is 5.60 Å². The van der Waals surface area contributed by atoms with Crippen LogP contribution in [0, 0.1) is 0 Å². The normalized spacial score (nSPS) is 14.8. The number of benzene rings is 1. The minimum Gasteiger partial charge on any atom is -0.458 e. The quantitative estimate of drug-likeness (QED) is 0.771. The van der Waals surface area contributed by atoms with E-state index in [0.29, 0.717) is 12.2 Å². The maximum absolute atomic E-state index is 10.5. The van der Waals surface area contributed by atoms with E-state index >= 15 is 0 Å². The molecule has 3 nitrogen and oxygen atoms in total. The summed E-state index contributed by atoms with van der Waals surface area (Å²) in [4.78, 5) is 0. The Morgan fingerprint density at radius 3 is 2.78 bits per heavy atom. The van der Waals surface area contributed by atoms with Gasteiger partial charge in [-0.15, -0.1) is 0 Å². The molecule has 0 saturated heterocycles. The first-order valence-electron chi connectivity index (χ1n) is 6.55. The second-order valence-corrected chi connectivity index (χ2v) is 4.92. The highest BCUT2D eigenvalue weighted by molar-refractivity contribution is 5.77. The van der Waals surface area contributed by atoms with Crippen molar-refractivity contribution in [1.29, 1.82) is 0 Å². The van der Waals surface area contributed by atoms with Crippen molar-refractivity contribution >= 4 is 11.0 Å². The zero-order valence-electron chi connectivity index (χ0n) is 11.1. The predicted molar refractivity (Wildman–Crippen MR) is 73.6 cm³/mol. The number of hydrogen-bond acceptors (Lipinski definition) is 3. The van der Waals surface area contributed by atoms with Crippen LogP contribution in [-0.2, 0) is 5.60 Å². The molecule has 0 spiro atoms. The van der Waals surface area contributed by atoms with E-state index in [4.69, 9.17) is 4.42 Å². The van der Waals surface area contributed by atoms with Gasteiger partial charge in [0.05, 0.1) is 0 Å². The van der Waals surface area contributed by atoms with Gasteiger partial charge in [0.25, 0.3) is 0 Å². The highest BCUT2D eigenvalue weighted by atomic mass is 16.4. The van der Waals surface area contributed by atoms with Crippen molar-refractivity contribution in [2.24, 2.45) is 0 Å². The molecule has 2 aromatic rings. The van der Waals surface area contributed by atoms with Gasteiger partial charge in [0, 0.05) is 5.39 Å². The van der Waals surface area contributed by atoms with Crippen LogP contribution in [0.4, 0.5) is 0 Å². The molecule has 0 aliphatic rings. The van der Waals surface area contributed by atoms with Crippen LogP contribution in [0.2, 0.25) is 0 Å². The van der Waals surface area contributed by atoms with Crippen molar-refractivity contribution in [3.05, 3.63) is 36.1 Å². The van der Waals surface area contributed by atoms with Crippen molar-refractivity contribution in [3.8, 4) is 0 Å². The van der Waals surface area contributed by atoms with Crippen molar-refractivity contribution in [2.75, 3.05) is 13.1 Å². The second kappa shape index (κ2) is 5.55. The Labute approximate surface area is 108 Å².